The van der Waals surface area contributed by atoms with Crippen LogP contribution in [-0.4, -0.2) is 35.6 Å². The van der Waals surface area contributed by atoms with Gasteiger partial charge in [-0.05, 0) is 51.1 Å². The summed E-state index contributed by atoms with van der Waals surface area (Å²) in [5, 5.41) is 0.926. The minimum absolute atomic E-state index is 0.157. The van der Waals surface area contributed by atoms with Crippen molar-refractivity contribution in [3.8, 4) is 5.75 Å². The molecule has 0 fully saturated rings. The zero-order valence-corrected chi connectivity index (χ0v) is 15.7. The summed E-state index contributed by atoms with van der Waals surface area (Å²) in [6.07, 6.45) is -0.805. The van der Waals surface area contributed by atoms with Crippen LogP contribution in [0.4, 0.5) is 4.79 Å². The van der Waals surface area contributed by atoms with E-state index in [1.165, 1.54) is 19.2 Å². The van der Waals surface area contributed by atoms with Gasteiger partial charge in [-0.25, -0.2) is 14.6 Å². The molecule has 7 heteroatoms. The van der Waals surface area contributed by atoms with Crippen LogP contribution in [0.2, 0.25) is 0 Å². The molecule has 0 bridgehead atoms. The van der Waals surface area contributed by atoms with Crippen molar-refractivity contribution >= 4 is 18.0 Å². The molecule has 2 aromatic rings. The number of esters is 1. The number of benzene rings is 2. The van der Waals surface area contributed by atoms with Crippen LogP contribution in [-0.2, 0) is 4.74 Å². The Morgan fingerprint density at radius 3 is 2.19 bits per heavy atom. The number of carbonyl (C=O) groups excluding carboxylic acids is 3. The zero-order chi connectivity index (χ0) is 20.0. The van der Waals surface area contributed by atoms with E-state index in [4.69, 9.17) is 9.47 Å². The Morgan fingerprint density at radius 2 is 1.56 bits per heavy atom. The van der Waals surface area contributed by atoms with Gasteiger partial charge in [0, 0.05) is 12.6 Å². The van der Waals surface area contributed by atoms with Gasteiger partial charge in [0.05, 0.1) is 5.56 Å². The summed E-state index contributed by atoms with van der Waals surface area (Å²) in [7, 11) is 1.36. The molecule has 0 heterocycles. The van der Waals surface area contributed by atoms with Crippen LogP contribution < -0.4 is 10.2 Å². The number of nitrogens with zero attached hydrogens (tertiary/aromatic N) is 1. The smallest absolute Gasteiger partial charge is 0.433 e. The van der Waals surface area contributed by atoms with Crippen molar-refractivity contribution in [1.82, 2.24) is 10.4 Å². The van der Waals surface area contributed by atoms with Crippen molar-refractivity contribution in [2.45, 2.75) is 26.4 Å². The molecule has 7 nitrogen and oxygen atoms in total. The first kappa shape index (κ1) is 20.0. The van der Waals surface area contributed by atoms with Gasteiger partial charge in [-0.2, -0.15) is 0 Å². The number of nitrogens with one attached hydrogen (secondary N) is 1. The van der Waals surface area contributed by atoms with Crippen LogP contribution >= 0.6 is 0 Å². The normalized spacial score (nSPS) is 10.7. The van der Waals surface area contributed by atoms with E-state index < -0.39 is 23.6 Å². The highest BCUT2D eigenvalue weighted by atomic mass is 16.6. The Morgan fingerprint density at radius 1 is 0.926 bits per heavy atom. The highest BCUT2D eigenvalue weighted by molar-refractivity contribution is 5.95. The lowest BCUT2D eigenvalue weighted by molar-refractivity contribution is 0.00689. The van der Waals surface area contributed by atoms with Crippen molar-refractivity contribution in [2.24, 2.45) is 0 Å². The summed E-state index contributed by atoms with van der Waals surface area (Å²) in [5.74, 6) is -0.812. The molecule has 0 aliphatic rings. The van der Waals surface area contributed by atoms with Crippen molar-refractivity contribution < 1.29 is 23.9 Å². The first-order valence-electron chi connectivity index (χ1n) is 8.31. The van der Waals surface area contributed by atoms with Crippen molar-refractivity contribution in [1.29, 1.82) is 0 Å². The molecule has 0 spiro atoms. The molecule has 2 rings (SSSR count). The fraction of sp³-hybridized carbons (Fsp3) is 0.250. The second-order valence-corrected chi connectivity index (χ2v) is 6.76. The van der Waals surface area contributed by atoms with Gasteiger partial charge in [-0.1, -0.05) is 24.3 Å². The van der Waals surface area contributed by atoms with Gasteiger partial charge >= 0.3 is 12.1 Å². The first-order valence-corrected chi connectivity index (χ1v) is 8.31. The highest BCUT2D eigenvalue weighted by Crippen LogP contribution is 2.17. The third-order valence-corrected chi connectivity index (χ3v) is 3.25. The molecule has 0 unspecified atom stereocenters. The Hall–Kier alpha value is -3.35. The summed E-state index contributed by atoms with van der Waals surface area (Å²) in [6.45, 7) is 5.29. The standard InChI is InChI=1S/C20H22N2O5/c1-20(2,3)27-18(24)15-11-8-12-16(13-15)26-19(25)22(4)21-17(23)14-9-6-5-7-10-14/h5-13H,1-4H3,(H,21,23). The number of hydrogen-bond acceptors (Lipinski definition) is 5. The Labute approximate surface area is 157 Å². The van der Waals surface area contributed by atoms with Crippen LogP contribution in [0.5, 0.6) is 5.75 Å². The number of ether oxygens (including phenoxy) is 2. The van der Waals surface area contributed by atoms with E-state index >= 15 is 0 Å². The fourth-order valence-electron chi connectivity index (χ4n) is 2.04. The number of carbonyl (C=O) groups is 3. The number of hydrazine groups is 1. The largest absolute Gasteiger partial charge is 0.456 e. The van der Waals surface area contributed by atoms with E-state index in [1.54, 1.807) is 63.2 Å². The maximum atomic E-state index is 12.2. The van der Waals surface area contributed by atoms with Crippen LogP contribution in [0.25, 0.3) is 0 Å². The summed E-state index contributed by atoms with van der Waals surface area (Å²) in [5.41, 5.74) is 2.44. The van der Waals surface area contributed by atoms with Gasteiger partial charge < -0.3 is 9.47 Å². The molecule has 0 aromatic heterocycles. The van der Waals surface area contributed by atoms with E-state index in [9.17, 15) is 14.4 Å². The molecule has 27 heavy (non-hydrogen) atoms. The Kier molecular flexibility index (Phi) is 6.18. The van der Waals surface area contributed by atoms with E-state index in [1.807, 2.05) is 0 Å². The van der Waals surface area contributed by atoms with Crippen molar-refractivity contribution in [2.75, 3.05) is 7.05 Å². The molecule has 0 radical (unpaired) electrons. The SMILES string of the molecule is CN(NC(=O)c1ccccc1)C(=O)Oc1cccc(C(=O)OC(C)(C)C)c1. The molecule has 2 amide bonds. The summed E-state index contributed by atoms with van der Waals surface area (Å²) in [4.78, 5) is 36.3. The minimum atomic E-state index is -0.805. The molecular weight excluding hydrogens is 348 g/mol. The van der Waals surface area contributed by atoms with Gasteiger partial charge in [0.15, 0.2) is 0 Å². The van der Waals surface area contributed by atoms with Gasteiger partial charge in [-0.15, -0.1) is 0 Å². The predicted molar refractivity (Wildman–Crippen MR) is 99.3 cm³/mol. The van der Waals surface area contributed by atoms with Crippen molar-refractivity contribution in [3.05, 3.63) is 65.7 Å². The van der Waals surface area contributed by atoms with Crippen LogP contribution in [0.15, 0.2) is 54.6 Å². The summed E-state index contributed by atoms with van der Waals surface area (Å²) in [6, 6.07) is 14.5. The third kappa shape index (κ3) is 6.14. The lowest BCUT2D eigenvalue weighted by Crippen LogP contribution is -2.44. The molecule has 2 aromatic carbocycles. The molecule has 142 valence electrons. The minimum Gasteiger partial charge on any atom is -0.456 e. The molecule has 0 saturated carbocycles. The Balaban J connectivity index is 2.00. The molecule has 0 atom stereocenters. The highest BCUT2D eigenvalue weighted by Gasteiger charge is 2.19. The van der Waals surface area contributed by atoms with E-state index in [-0.39, 0.29) is 11.3 Å². The maximum Gasteiger partial charge on any atom is 0.433 e. The first-order chi connectivity index (χ1) is 12.7. The van der Waals surface area contributed by atoms with Gasteiger partial charge in [0.25, 0.3) is 5.91 Å². The van der Waals surface area contributed by atoms with E-state index in [0.717, 1.165) is 5.01 Å². The van der Waals surface area contributed by atoms with Gasteiger partial charge in [0.1, 0.15) is 11.4 Å². The average molecular weight is 370 g/mol. The quantitative estimate of drug-likeness (QED) is 0.661. The van der Waals surface area contributed by atoms with E-state index in [2.05, 4.69) is 5.43 Å². The zero-order valence-electron chi connectivity index (χ0n) is 15.7. The molecule has 0 aliphatic heterocycles. The van der Waals surface area contributed by atoms with Crippen LogP contribution in [0, 0.1) is 0 Å². The molecule has 1 N–H and O–H groups in total. The molecule has 0 aliphatic carbocycles. The number of rotatable bonds is 3. The third-order valence-electron chi connectivity index (χ3n) is 3.25. The van der Waals surface area contributed by atoms with Crippen LogP contribution in [0.1, 0.15) is 41.5 Å². The Bertz CT molecular complexity index is 828. The maximum absolute atomic E-state index is 12.2. The molecule has 0 saturated heterocycles. The monoisotopic (exact) mass is 370 g/mol. The summed E-state index contributed by atoms with van der Waals surface area (Å²) < 4.78 is 10.5. The van der Waals surface area contributed by atoms with Crippen molar-refractivity contribution in [3.63, 3.8) is 0 Å². The summed E-state index contributed by atoms with van der Waals surface area (Å²) >= 11 is 0. The average Bonchev–Trinajstić information content (AvgIpc) is 2.61. The lowest BCUT2D eigenvalue weighted by atomic mass is 10.1. The number of amides is 2. The van der Waals surface area contributed by atoms with E-state index in [0.29, 0.717) is 5.56 Å². The van der Waals surface area contributed by atoms with Crippen LogP contribution in [0.3, 0.4) is 0 Å². The topological polar surface area (TPSA) is 84.9 Å². The molecular formula is C20H22N2O5. The second kappa shape index (κ2) is 8.35. The predicted octanol–water partition coefficient (Wildman–Crippen LogP) is 3.42. The fourth-order valence-corrected chi connectivity index (χ4v) is 2.04. The second-order valence-electron chi connectivity index (χ2n) is 6.76. The van der Waals surface area contributed by atoms with Gasteiger partial charge in [0.2, 0.25) is 0 Å². The van der Waals surface area contributed by atoms with Gasteiger partial charge in [-0.3, -0.25) is 10.2 Å². The lowest BCUT2D eigenvalue weighted by Gasteiger charge is -2.20. The number of hydrogen-bond donors (Lipinski definition) is 1.